The van der Waals surface area contributed by atoms with E-state index < -0.39 is 12.1 Å². The third-order valence-electron chi connectivity index (χ3n) is 3.98. The molecule has 1 heterocycles. The molecule has 4 nitrogen and oxygen atoms in total. The Bertz CT molecular complexity index is 425. The van der Waals surface area contributed by atoms with E-state index in [4.69, 9.17) is 9.84 Å². The van der Waals surface area contributed by atoms with Crippen LogP contribution in [0, 0.1) is 0 Å². The first kappa shape index (κ1) is 20.7. The Kier molecular flexibility index (Phi) is 11.2. The number of aliphatic hydroxyl groups is 1. The Labute approximate surface area is 145 Å². The minimum atomic E-state index is -0.741. The molecule has 1 unspecified atom stereocenters. The molecular weight excluding hydrogens is 304 g/mol. The number of carbonyl (C=O) groups is 1. The van der Waals surface area contributed by atoms with Gasteiger partial charge in [0.25, 0.3) is 0 Å². The highest BCUT2D eigenvalue weighted by Crippen LogP contribution is 2.28. The van der Waals surface area contributed by atoms with Gasteiger partial charge in [-0.15, -0.1) is 0 Å². The third-order valence-corrected chi connectivity index (χ3v) is 3.98. The van der Waals surface area contributed by atoms with Crippen LogP contribution in [0.3, 0.4) is 0 Å². The molecule has 2 N–H and O–H groups in total. The molecule has 1 rings (SSSR count). The van der Waals surface area contributed by atoms with Gasteiger partial charge in [-0.05, 0) is 32.1 Å². The first-order chi connectivity index (χ1) is 11.6. The Balaban J connectivity index is 2.01. The van der Waals surface area contributed by atoms with E-state index in [0.29, 0.717) is 18.9 Å². The van der Waals surface area contributed by atoms with Crippen LogP contribution >= 0.6 is 0 Å². The number of allylic oxidation sites excluding steroid dienone is 3. The maximum atomic E-state index is 10.3. The number of carboxylic acids is 1. The van der Waals surface area contributed by atoms with Crippen LogP contribution < -0.4 is 0 Å². The van der Waals surface area contributed by atoms with Gasteiger partial charge in [0.2, 0.25) is 0 Å². The molecule has 0 saturated carbocycles. The van der Waals surface area contributed by atoms with E-state index in [1.54, 1.807) is 0 Å². The van der Waals surface area contributed by atoms with Crippen molar-refractivity contribution in [2.75, 3.05) is 0 Å². The van der Waals surface area contributed by atoms with Crippen LogP contribution in [0.15, 0.2) is 36.5 Å². The van der Waals surface area contributed by atoms with Gasteiger partial charge in [-0.3, -0.25) is 4.79 Å². The highest BCUT2D eigenvalue weighted by molar-refractivity contribution is 5.66. The van der Waals surface area contributed by atoms with Crippen LogP contribution in [0.2, 0.25) is 0 Å². The summed E-state index contributed by atoms with van der Waals surface area (Å²) in [5.74, 6) is -0.741. The number of aliphatic carboxylic acids is 1. The van der Waals surface area contributed by atoms with E-state index in [1.807, 2.05) is 36.5 Å². The summed E-state index contributed by atoms with van der Waals surface area (Å²) in [7, 11) is 0. The van der Waals surface area contributed by atoms with Gasteiger partial charge in [0.15, 0.2) is 0 Å². The highest BCUT2D eigenvalue weighted by atomic mass is 16.6. The average molecular weight is 336 g/mol. The number of carboxylic acid groups (broad SMARTS) is 1. The number of hydrogen-bond donors (Lipinski definition) is 2. The van der Waals surface area contributed by atoms with Crippen LogP contribution in [0.1, 0.15) is 64.7 Å². The van der Waals surface area contributed by atoms with Gasteiger partial charge in [-0.1, -0.05) is 62.6 Å². The van der Waals surface area contributed by atoms with Gasteiger partial charge >= 0.3 is 5.97 Å². The lowest BCUT2D eigenvalue weighted by atomic mass is 10.1. The fraction of sp³-hybridized carbons (Fsp3) is 0.650. The summed E-state index contributed by atoms with van der Waals surface area (Å²) >= 11 is 0. The Morgan fingerprint density at radius 2 is 1.96 bits per heavy atom. The number of ether oxygens (including phenoxy) is 1. The summed E-state index contributed by atoms with van der Waals surface area (Å²) < 4.78 is 5.56. The Morgan fingerprint density at radius 3 is 2.71 bits per heavy atom. The van der Waals surface area contributed by atoms with Gasteiger partial charge in [0.05, 0.1) is 12.2 Å². The molecular formula is C20H32O4. The third kappa shape index (κ3) is 11.2. The second kappa shape index (κ2) is 13.0. The maximum Gasteiger partial charge on any atom is 0.303 e. The zero-order valence-electron chi connectivity index (χ0n) is 14.8. The normalized spacial score (nSPS) is 21.9. The molecule has 0 aliphatic carbocycles. The van der Waals surface area contributed by atoms with Gasteiger partial charge in [0, 0.05) is 6.42 Å². The number of rotatable bonds is 14. The minimum absolute atomic E-state index is 0.203. The van der Waals surface area contributed by atoms with Crippen molar-refractivity contribution >= 4 is 5.97 Å². The number of unbranched alkanes of at least 4 members (excludes halogenated alkanes) is 3. The molecule has 0 spiro atoms. The van der Waals surface area contributed by atoms with Gasteiger partial charge in [-0.2, -0.15) is 0 Å². The van der Waals surface area contributed by atoms with E-state index in [9.17, 15) is 9.90 Å². The van der Waals surface area contributed by atoms with Crippen molar-refractivity contribution < 1.29 is 19.7 Å². The summed E-state index contributed by atoms with van der Waals surface area (Å²) in [6.45, 7) is 2.20. The Morgan fingerprint density at radius 1 is 1.17 bits per heavy atom. The molecule has 0 aromatic heterocycles. The van der Waals surface area contributed by atoms with Crippen LogP contribution in [-0.4, -0.2) is 34.5 Å². The summed E-state index contributed by atoms with van der Waals surface area (Å²) in [6.07, 6.45) is 19.9. The quantitative estimate of drug-likeness (QED) is 0.280. The van der Waals surface area contributed by atoms with Crippen LogP contribution in [0.25, 0.3) is 0 Å². The van der Waals surface area contributed by atoms with Crippen molar-refractivity contribution in [2.24, 2.45) is 0 Å². The van der Waals surface area contributed by atoms with Crippen molar-refractivity contribution in [2.45, 2.75) is 83.0 Å². The second-order valence-corrected chi connectivity index (χ2v) is 6.29. The van der Waals surface area contributed by atoms with E-state index in [-0.39, 0.29) is 12.5 Å². The van der Waals surface area contributed by atoms with Crippen LogP contribution in [-0.2, 0) is 9.53 Å². The molecule has 3 atom stereocenters. The molecule has 0 bridgehead atoms. The molecule has 0 amide bonds. The molecule has 24 heavy (non-hydrogen) atoms. The number of aliphatic hydroxyl groups excluding tert-OH is 1. The fourth-order valence-corrected chi connectivity index (χ4v) is 2.47. The van der Waals surface area contributed by atoms with E-state index >= 15 is 0 Å². The Hall–Kier alpha value is -1.39. The van der Waals surface area contributed by atoms with Crippen molar-refractivity contribution in [3.05, 3.63) is 36.5 Å². The second-order valence-electron chi connectivity index (χ2n) is 6.29. The standard InChI is InChI=1S/C20H32O4/c1-2-3-9-13-18-19(24-18)16-15-17(21)12-10-7-5-4-6-8-11-14-20(22)23/h4,6-7,10,15-19,21H,2-3,5,8-9,11-14H2,1H3,(H,22,23)/b6-4-,10-7-,16-15+/t17-,18-,19?/m0/s1. The van der Waals surface area contributed by atoms with E-state index in [2.05, 4.69) is 6.92 Å². The van der Waals surface area contributed by atoms with Crippen LogP contribution in [0.4, 0.5) is 0 Å². The predicted molar refractivity (Wildman–Crippen MR) is 97.0 cm³/mol. The monoisotopic (exact) mass is 336 g/mol. The highest BCUT2D eigenvalue weighted by Gasteiger charge is 2.35. The molecule has 1 aliphatic rings. The van der Waals surface area contributed by atoms with Crippen molar-refractivity contribution in [1.82, 2.24) is 0 Å². The average Bonchev–Trinajstić information content (AvgIpc) is 3.30. The lowest BCUT2D eigenvalue weighted by Gasteiger charge is -1.99. The lowest BCUT2D eigenvalue weighted by molar-refractivity contribution is -0.137. The largest absolute Gasteiger partial charge is 0.481 e. The summed E-state index contributed by atoms with van der Waals surface area (Å²) in [4.78, 5) is 10.3. The van der Waals surface area contributed by atoms with Crippen LogP contribution in [0.5, 0.6) is 0 Å². The summed E-state index contributed by atoms with van der Waals surface area (Å²) in [5, 5.41) is 18.4. The van der Waals surface area contributed by atoms with E-state index in [0.717, 1.165) is 19.3 Å². The molecule has 0 aromatic rings. The van der Waals surface area contributed by atoms with Gasteiger partial charge in [0.1, 0.15) is 6.10 Å². The lowest BCUT2D eigenvalue weighted by Crippen LogP contribution is -2.00. The fourth-order valence-electron chi connectivity index (χ4n) is 2.47. The predicted octanol–water partition coefficient (Wildman–Crippen LogP) is 4.40. The smallest absolute Gasteiger partial charge is 0.303 e. The van der Waals surface area contributed by atoms with Gasteiger partial charge < -0.3 is 14.9 Å². The van der Waals surface area contributed by atoms with Crippen molar-refractivity contribution in [3.63, 3.8) is 0 Å². The zero-order valence-corrected chi connectivity index (χ0v) is 14.8. The first-order valence-corrected chi connectivity index (χ1v) is 9.17. The topological polar surface area (TPSA) is 70.1 Å². The minimum Gasteiger partial charge on any atom is -0.481 e. The molecule has 1 fully saturated rings. The molecule has 1 aliphatic heterocycles. The molecule has 0 radical (unpaired) electrons. The van der Waals surface area contributed by atoms with Gasteiger partial charge in [-0.25, -0.2) is 0 Å². The molecule has 0 aromatic carbocycles. The molecule has 136 valence electrons. The summed E-state index contributed by atoms with van der Waals surface area (Å²) in [5.41, 5.74) is 0. The SMILES string of the molecule is CCCCC[C@@H]1OC1/C=C/[C@@H](O)C/C=C\C/C=C\CCCC(=O)O. The first-order valence-electron chi connectivity index (χ1n) is 9.17. The van der Waals surface area contributed by atoms with Crippen molar-refractivity contribution in [3.8, 4) is 0 Å². The number of hydrogen-bond acceptors (Lipinski definition) is 3. The van der Waals surface area contributed by atoms with Crippen molar-refractivity contribution in [1.29, 1.82) is 0 Å². The summed E-state index contributed by atoms with van der Waals surface area (Å²) in [6, 6.07) is 0. The maximum absolute atomic E-state index is 10.3. The van der Waals surface area contributed by atoms with E-state index in [1.165, 1.54) is 19.3 Å². The molecule has 1 saturated heterocycles. The number of epoxide rings is 1. The zero-order chi connectivity index (χ0) is 17.6. The molecule has 4 heteroatoms.